The predicted octanol–water partition coefficient (Wildman–Crippen LogP) is 3.71. The Morgan fingerprint density at radius 1 is 1.27 bits per heavy atom. The molecule has 1 fully saturated rings. The maximum absolute atomic E-state index is 6.44. The van der Waals surface area contributed by atoms with Gasteiger partial charge in [0.05, 0.1) is 5.52 Å². The Labute approximate surface area is 137 Å². The summed E-state index contributed by atoms with van der Waals surface area (Å²) in [4.78, 5) is 7.06. The van der Waals surface area contributed by atoms with Gasteiger partial charge in [0.1, 0.15) is 0 Å². The van der Waals surface area contributed by atoms with Crippen LogP contribution < -0.4 is 5.32 Å². The highest BCUT2D eigenvalue weighted by atomic mass is 35.5. The predicted molar refractivity (Wildman–Crippen MR) is 93.3 cm³/mol. The lowest BCUT2D eigenvalue weighted by atomic mass is 9.93. The number of nitrogens with zero attached hydrogens (tertiary/aromatic N) is 2. The van der Waals surface area contributed by atoms with Crippen LogP contribution in [-0.2, 0) is 6.54 Å². The largest absolute Gasteiger partial charge is 0.320 e. The molecule has 1 aromatic heterocycles. The molecule has 1 saturated heterocycles. The van der Waals surface area contributed by atoms with Gasteiger partial charge in [0.2, 0.25) is 0 Å². The van der Waals surface area contributed by atoms with Gasteiger partial charge in [-0.15, -0.1) is 0 Å². The molecule has 4 heteroatoms. The molecule has 0 unspecified atom stereocenters. The summed E-state index contributed by atoms with van der Waals surface area (Å²) in [5, 5.41) is 5.26. The van der Waals surface area contributed by atoms with Gasteiger partial charge in [-0.3, -0.25) is 9.88 Å². The van der Waals surface area contributed by atoms with Crippen LogP contribution in [0.5, 0.6) is 0 Å². The van der Waals surface area contributed by atoms with Crippen molar-refractivity contribution >= 4 is 22.5 Å². The molecule has 2 heterocycles. The Hall–Kier alpha value is -1.16. The Bertz CT molecular complexity index is 621. The van der Waals surface area contributed by atoms with Crippen LogP contribution in [0.15, 0.2) is 30.5 Å². The van der Waals surface area contributed by atoms with Crippen LogP contribution in [0.4, 0.5) is 0 Å². The molecule has 0 atom stereocenters. The van der Waals surface area contributed by atoms with Gasteiger partial charge in [-0.05, 0) is 64.0 Å². The molecule has 1 aromatic carbocycles. The average Bonchev–Trinajstić information content (AvgIpc) is 2.57. The van der Waals surface area contributed by atoms with E-state index in [0.717, 1.165) is 42.6 Å². The quantitative estimate of drug-likeness (QED) is 0.911. The third-order valence-electron chi connectivity index (χ3n) is 4.71. The van der Waals surface area contributed by atoms with E-state index in [4.69, 9.17) is 11.6 Å². The molecule has 0 saturated carbocycles. The molecular weight excluding hydrogens is 294 g/mol. The second-order valence-electron chi connectivity index (χ2n) is 6.21. The zero-order valence-electron chi connectivity index (χ0n) is 13.2. The molecule has 0 aliphatic carbocycles. The van der Waals surface area contributed by atoms with Crippen LogP contribution in [-0.4, -0.2) is 36.6 Å². The van der Waals surface area contributed by atoms with E-state index in [2.05, 4.69) is 27.3 Å². The van der Waals surface area contributed by atoms with Crippen LogP contribution in [0.2, 0.25) is 5.02 Å². The number of aromatic nitrogens is 1. The lowest BCUT2D eigenvalue weighted by Gasteiger charge is -2.32. The first kappa shape index (κ1) is 15.7. The van der Waals surface area contributed by atoms with Gasteiger partial charge >= 0.3 is 0 Å². The van der Waals surface area contributed by atoms with Crippen molar-refractivity contribution < 1.29 is 0 Å². The number of rotatable bonds is 5. The second kappa shape index (κ2) is 7.40. The van der Waals surface area contributed by atoms with Crippen molar-refractivity contribution in [3.05, 3.63) is 41.0 Å². The van der Waals surface area contributed by atoms with E-state index in [1.807, 2.05) is 25.4 Å². The number of fused-ring (bicyclic) bond motifs is 1. The molecule has 1 aliphatic heterocycles. The lowest BCUT2D eigenvalue weighted by Crippen LogP contribution is -2.34. The molecule has 22 heavy (non-hydrogen) atoms. The Morgan fingerprint density at radius 2 is 2.09 bits per heavy atom. The highest BCUT2D eigenvalue weighted by Crippen LogP contribution is 2.28. The van der Waals surface area contributed by atoms with E-state index in [9.17, 15) is 0 Å². The summed E-state index contributed by atoms with van der Waals surface area (Å²) in [5.41, 5.74) is 2.22. The van der Waals surface area contributed by atoms with Crippen molar-refractivity contribution in [1.29, 1.82) is 0 Å². The molecule has 3 nitrogen and oxygen atoms in total. The normalized spacial score (nSPS) is 17.2. The van der Waals surface area contributed by atoms with Gasteiger partial charge in [0.25, 0.3) is 0 Å². The number of benzene rings is 1. The zero-order chi connectivity index (χ0) is 15.4. The number of nitrogens with one attached hydrogen (secondary N) is 1. The fourth-order valence-electron chi connectivity index (χ4n) is 3.34. The molecule has 0 bridgehead atoms. The number of hydrogen-bond donors (Lipinski definition) is 1. The number of pyridine rings is 1. The molecule has 1 N–H and O–H groups in total. The number of halogens is 1. The van der Waals surface area contributed by atoms with E-state index in [-0.39, 0.29) is 0 Å². The molecule has 1 aliphatic rings. The summed E-state index contributed by atoms with van der Waals surface area (Å²) in [5.74, 6) is 0.866. The first-order valence-electron chi connectivity index (χ1n) is 8.17. The van der Waals surface area contributed by atoms with Crippen molar-refractivity contribution in [3.63, 3.8) is 0 Å². The minimum absolute atomic E-state index is 0.837. The standard InChI is InChI=1S/C18H24ClN3/c1-20-10-6-14-7-11-22(12-8-14)13-16-17(19)5-4-15-3-2-9-21-18(15)16/h2-5,9,14,20H,6-8,10-13H2,1H3. The van der Waals surface area contributed by atoms with E-state index < -0.39 is 0 Å². The Balaban J connectivity index is 1.68. The maximum Gasteiger partial charge on any atom is 0.0761 e. The average molecular weight is 318 g/mol. The van der Waals surface area contributed by atoms with E-state index in [1.54, 1.807) is 0 Å². The maximum atomic E-state index is 6.44. The van der Waals surface area contributed by atoms with Crippen LogP contribution in [0.3, 0.4) is 0 Å². The van der Waals surface area contributed by atoms with Crippen molar-refractivity contribution in [2.24, 2.45) is 5.92 Å². The lowest BCUT2D eigenvalue weighted by molar-refractivity contribution is 0.173. The van der Waals surface area contributed by atoms with Gasteiger partial charge in [-0.1, -0.05) is 23.7 Å². The molecular formula is C18H24ClN3. The summed E-state index contributed by atoms with van der Waals surface area (Å²) in [6.07, 6.45) is 5.72. The summed E-state index contributed by atoms with van der Waals surface area (Å²) in [6, 6.07) is 8.14. The first-order valence-corrected chi connectivity index (χ1v) is 8.55. The molecule has 2 aromatic rings. The van der Waals surface area contributed by atoms with Crippen LogP contribution in [0.25, 0.3) is 10.9 Å². The Morgan fingerprint density at radius 3 is 2.86 bits per heavy atom. The molecule has 118 valence electrons. The number of likely N-dealkylation sites (tertiary alicyclic amines) is 1. The minimum Gasteiger partial charge on any atom is -0.320 e. The van der Waals surface area contributed by atoms with E-state index in [1.165, 1.54) is 30.2 Å². The second-order valence-corrected chi connectivity index (χ2v) is 6.62. The topological polar surface area (TPSA) is 28.2 Å². The van der Waals surface area contributed by atoms with Gasteiger partial charge in [-0.25, -0.2) is 0 Å². The summed E-state index contributed by atoms with van der Waals surface area (Å²) in [6.45, 7) is 4.36. The summed E-state index contributed by atoms with van der Waals surface area (Å²) < 4.78 is 0. The van der Waals surface area contributed by atoms with E-state index in [0.29, 0.717) is 0 Å². The van der Waals surface area contributed by atoms with Crippen LogP contribution >= 0.6 is 11.6 Å². The highest BCUT2D eigenvalue weighted by molar-refractivity contribution is 6.32. The van der Waals surface area contributed by atoms with Gasteiger partial charge in [0, 0.05) is 28.7 Å². The SMILES string of the molecule is CNCCC1CCN(Cc2c(Cl)ccc3cccnc23)CC1. The third kappa shape index (κ3) is 3.60. The van der Waals surface area contributed by atoms with Crippen LogP contribution in [0, 0.1) is 5.92 Å². The summed E-state index contributed by atoms with van der Waals surface area (Å²) >= 11 is 6.44. The molecule has 0 spiro atoms. The molecule has 3 rings (SSSR count). The first-order chi connectivity index (χ1) is 10.8. The van der Waals surface area contributed by atoms with Gasteiger partial charge in [-0.2, -0.15) is 0 Å². The van der Waals surface area contributed by atoms with Crippen molar-refractivity contribution in [3.8, 4) is 0 Å². The fraction of sp³-hybridized carbons (Fsp3) is 0.500. The van der Waals surface area contributed by atoms with Crippen molar-refractivity contribution in [1.82, 2.24) is 15.2 Å². The molecule has 0 amide bonds. The summed E-state index contributed by atoms with van der Waals surface area (Å²) in [7, 11) is 2.03. The third-order valence-corrected chi connectivity index (χ3v) is 5.07. The van der Waals surface area contributed by atoms with Gasteiger partial charge in [0.15, 0.2) is 0 Å². The zero-order valence-corrected chi connectivity index (χ0v) is 13.9. The van der Waals surface area contributed by atoms with Crippen molar-refractivity contribution in [2.45, 2.75) is 25.8 Å². The highest BCUT2D eigenvalue weighted by Gasteiger charge is 2.20. The molecule has 0 radical (unpaired) electrons. The van der Waals surface area contributed by atoms with E-state index >= 15 is 0 Å². The number of piperidine rings is 1. The van der Waals surface area contributed by atoms with Crippen LogP contribution in [0.1, 0.15) is 24.8 Å². The van der Waals surface area contributed by atoms with Crippen molar-refractivity contribution in [2.75, 3.05) is 26.7 Å². The Kier molecular flexibility index (Phi) is 5.29. The number of hydrogen-bond acceptors (Lipinski definition) is 3. The van der Waals surface area contributed by atoms with Gasteiger partial charge < -0.3 is 5.32 Å². The fourth-order valence-corrected chi connectivity index (χ4v) is 3.55. The minimum atomic E-state index is 0.837. The smallest absolute Gasteiger partial charge is 0.0761 e. The monoisotopic (exact) mass is 317 g/mol.